The Bertz CT molecular complexity index is 847. The number of carbonyl (C=O) groups is 1. The Labute approximate surface area is 166 Å². The van der Waals surface area contributed by atoms with E-state index in [1.807, 2.05) is 12.1 Å². The SMILES string of the molecule is COc1ccc(Br)cc1C(=O)NC(=S)Nc1cc(C(C)(C)C)ccc1O. The van der Waals surface area contributed by atoms with E-state index in [0.717, 1.165) is 10.0 Å². The molecule has 5 nitrogen and oxygen atoms in total. The van der Waals surface area contributed by atoms with Crippen molar-refractivity contribution in [3.05, 3.63) is 52.0 Å². The molecule has 1 amide bonds. The average Bonchev–Trinajstić information content (AvgIpc) is 2.55. The molecule has 7 heteroatoms. The van der Waals surface area contributed by atoms with Gasteiger partial charge in [-0.05, 0) is 53.5 Å². The van der Waals surface area contributed by atoms with Crippen molar-refractivity contribution in [1.29, 1.82) is 0 Å². The molecule has 0 aliphatic rings. The predicted molar refractivity (Wildman–Crippen MR) is 111 cm³/mol. The maximum Gasteiger partial charge on any atom is 0.261 e. The Kier molecular flexibility index (Phi) is 6.26. The summed E-state index contributed by atoms with van der Waals surface area (Å²) >= 11 is 8.55. The first-order valence-electron chi connectivity index (χ1n) is 7.91. The van der Waals surface area contributed by atoms with Crippen LogP contribution in [0.2, 0.25) is 0 Å². The van der Waals surface area contributed by atoms with Crippen molar-refractivity contribution in [3.63, 3.8) is 0 Å². The van der Waals surface area contributed by atoms with Crippen LogP contribution >= 0.6 is 28.1 Å². The zero-order chi connectivity index (χ0) is 19.5. The molecule has 0 saturated carbocycles. The number of benzene rings is 2. The minimum Gasteiger partial charge on any atom is -0.506 e. The van der Waals surface area contributed by atoms with Crippen molar-refractivity contribution in [2.24, 2.45) is 0 Å². The summed E-state index contributed by atoms with van der Waals surface area (Å²) < 4.78 is 5.96. The normalized spacial score (nSPS) is 11.0. The van der Waals surface area contributed by atoms with Gasteiger partial charge in [0.1, 0.15) is 11.5 Å². The molecule has 2 aromatic carbocycles. The Morgan fingerprint density at radius 2 is 1.88 bits per heavy atom. The van der Waals surface area contributed by atoms with Crippen LogP contribution in [0.5, 0.6) is 11.5 Å². The molecule has 26 heavy (non-hydrogen) atoms. The zero-order valence-corrected chi connectivity index (χ0v) is 17.4. The Morgan fingerprint density at radius 1 is 1.19 bits per heavy atom. The zero-order valence-electron chi connectivity index (χ0n) is 15.0. The first kappa shape index (κ1) is 20.2. The molecule has 138 valence electrons. The monoisotopic (exact) mass is 436 g/mol. The van der Waals surface area contributed by atoms with Crippen LogP contribution in [-0.4, -0.2) is 23.2 Å². The van der Waals surface area contributed by atoms with Gasteiger partial charge in [-0.15, -0.1) is 0 Å². The lowest BCUT2D eigenvalue weighted by atomic mass is 9.87. The first-order chi connectivity index (χ1) is 12.1. The van der Waals surface area contributed by atoms with Gasteiger partial charge in [0, 0.05) is 4.47 Å². The van der Waals surface area contributed by atoms with Gasteiger partial charge in [0.05, 0.1) is 18.4 Å². The molecule has 0 aliphatic carbocycles. The fourth-order valence-electron chi connectivity index (χ4n) is 2.28. The summed E-state index contributed by atoms with van der Waals surface area (Å²) in [6, 6.07) is 10.4. The van der Waals surface area contributed by atoms with Gasteiger partial charge in [0.2, 0.25) is 0 Å². The van der Waals surface area contributed by atoms with E-state index in [9.17, 15) is 9.90 Å². The number of hydrogen-bond donors (Lipinski definition) is 3. The summed E-state index contributed by atoms with van der Waals surface area (Å²) in [7, 11) is 1.49. The second-order valence-corrected chi connectivity index (χ2v) is 8.06. The van der Waals surface area contributed by atoms with Gasteiger partial charge in [0.25, 0.3) is 5.91 Å². The quantitative estimate of drug-likeness (QED) is 0.484. The van der Waals surface area contributed by atoms with Gasteiger partial charge in [-0.25, -0.2) is 0 Å². The molecule has 2 aromatic rings. The second-order valence-electron chi connectivity index (χ2n) is 6.73. The molecule has 0 atom stereocenters. The molecule has 0 unspecified atom stereocenters. The van der Waals surface area contributed by atoms with Gasteiger partial charge < -0.3 is 15.2 Å². The van der Waals surface area contributed by atoms with E-state index in [2.05, 4.69) is 47.3 Å². The number of rotatable bonds is 3. The number of hydrogen-bond acceptors (Lipinski definition) is 4. The highest BCUT2D eigenvalue weighted by Gasteiger charge is 2.17. The Morgan fingerprint density at radius 3 is 2.50 bits per heavy atom. The average molecular weight is 437 g/mol. The highest BCUT2D eigenvalue weighted by atomic mass is 79.9. The molecule has 0 spiro atoms. The highest BCUT2D eigenvalue weighted by Crippen LogP contribution is 2.30. The third-order valence-electron chi connectivity index (χ3n) is 3.74. The minimum absolute atomic E-state index is 0.0506. The molecular weight excluding hydrogens is 416 g/mol. The van der Waals surface area contributed by atoms with E-state index in [0.29, 0.717) is 17.0 Å². The predicted octanol–water partition coefficient (Wildman–Crippen LogP) is 4.59. The van der Waals surface area contributed by atoms with Gasteiger partial charge in [-0.1, -0.05) is 42.8 Å². The summed E-state index contributed by atoms with van der Waals surface area (Å²) in [6.07, 6.45) is 0. The number of amides is 1. The fraction of sp³-hybridized carbons (Fsp3) is 0.263. The van der Waals surface area contributed by atoms with Gasteiger partial charge in [-0.3, -0.25) is 10.1 Å². The summed E-state index contributed by atoms with van der Waals surface area (Å²) in [4.78, 5) is 12.5. The third-order valence-corrected chi connectivity index (χ3v) is 4.44. The topological polar surface area (TPSA) is 70.6 Å². The summed E-state index contributed by atoms with van der Waals surface area (Å²) in [5.41, 5.74) is 1.72. The molecule has 0 heterocycles. The van der Waals surface area contributed by atoms with Gasteiger partial charge in [-0.2, -0.15) is 0 Å². The fourth-order valence-corrected chi connectivity index (χ4v) is 2.85. The van der Waals surface area contributed by atoms with Crippen LogP contribution in [0.1, 0.15) is 36.7 Å². The number of thiocarbonyl (C=S) groups is 1. The van der Waals surface area contributed by atoms with E-state index in [4.69, 9.17) is 17.0 Å². The standard InChI is InChI=1S/C19H21BrN2O3S/c1-19(2,3)11-5-7-15(23)14(9-11)21-18(26)22-17(24)13-10-12(20)6-8-16(13)25-4/h5-10,23H,1-4H3,(H2,21,22,24,26). The number of carbonyl (C=O) groups excluding carboxylic acids is 1. The van der Waals surface area contributed by atoms with Crippen LogP contribution in [0.4, 0.5) is 5.69 Å². The van der Waals surface area contributed by atoms with Crippen LogP contribution in [0, 0.1) is 0 Å². The number of methoxy groups -OCH3 is 1. The number of halogens is 1. The number of aromatic hydroxyl groups is 1. The lowest BCUT2D eigenvalue weighted by Gasteiger charge is -2.21. The largest absolute Gasteiger partial charge is 0.506 e. The smallest absolute Gasteiger partial charge is 0.261 e. The molecule has 2 rings (SSSR count). The molecule has 0 aromatic heterocycles. The van der Waals surface area contributed by atoms with Crippen molar-refractivity contribution in [2.45, 2.75) is 26.2 Å². The van der Waals surface area contributed by atoms with Crippen LogP contribution in [0.25, 0.3) is 0 Å². The lowest BCUT2D eigenvalue weighted by molar-refractivity contribution is 0.0974. The van der Waals surface area contributed by atoms with Crippen molar-refractivity contribution < 1.29 is 14.6 Å². The van der Waals surface area contributed by atoms with Gasteiger partial charge in [0.15, 0.2) is 5.11 Å². The maximum absolute atomic E-state index is 12.5. The first-order valence-corrected chi connectivity index (χ1v) is 9.11. The summed E-state index contributed by atoms with van der Waals surface area (Å²) in [5.74, 6) is 0.0767. The van der Waals surface area contributed by atoms with Crippen LogP contribution in [-0.2, 0) is 5.41 Å². The number of anilines is 1. The highest BCUT2D eigenvalue weighted by molar-refractivity contribution is 9.10. The van der Waals surface area contributed by atoms with E-state index < -0.39 is 5.91 Å². The number of nitrogens with one attached hydrogen (secondary N) is 2. The second kappa shape index (κ2) is 8.05. The third kappa shape index (κ3) is 4.95. The van der Waals surface area contributed by atoms with Gasteiger partial charge >= 0.3 is 0 Å². The van der Waals surface area contributed by atoms with E-state index in [1.165, 1.54) is 7.11 Å². The maximum atomic E-state index is 12.5. The molecular formula is C19H21BrN2O3S. The number of ether oxygens (including phenoxy) is 1. The van der Waals surface area contributed by atoms with Crippen LogP contribution in [0.15, 0.2) is 40.9 Å². The number of phenolic OH excluding ortho intramolecular Hbond substituents is 1. The minimum atomic E-state index is -0.410. The summed E-state index contributed by atoms with van der Waals surface area (Å²) in [5, 5.41) is 15.6. The lowest BCUT2D eigenvalue weighted by Crippen LogP contribution is -2.34. The van der Waals surface area contributed by atoms with Crippen molar-refractivity contribution >= 4 is 44.9 Å². The van der Waals surface area contributed by atoms with E-state index in [-0.39, 0.29) is 16.3 Å². The molecule has 0 aliphatic heterocycles. The molecule has 0 saturated heterocycles. The Balaban J connectivity index is 2.17. The van der Waals surface area contributed by atoms with Crippen LogP contribution in [0.3, 0.4) is 0 Å². The van der Waals surface area contributed by atoms with Crippen LogP contribution < -0.4 is 15.4 Å². The molecule has 3 N–H and O–H groups in total. The summed E-state index contributed by atoms with van der Waals surface area (Å²) in [6.45, 7) is 6.22. The van der Waals surface area contributed by atoms with E-state index >= 15 is 0 Å². The van der Waals surface area contributed by atoms with Crippen molar-refractivity contribution in [1.82, 2.24) is 5.32 Å². The molecule has 0 bridgehead atoms. The number of phenols is 1. The molecule has 0 fully saturated rings. The molecule has 0 radical (unpaired) electrons. The Hall–Kier alpha value is -2.12. The van der Waals surface area contributed by atoms with Crippen molar-refractivity contribution in [2.75, 3.05) is 12.4 Å². The van der Waals surface area contributed by atoms with E-state index in [1.54, 1.807) is 24.3 Å². The van der Waals surface area contributed by atoms with Crippen molar-refractivity contribution in [3.8, 4) is 11.5 Å².